The fraction of sp³-hybridized carbons (Fsp3) is 0.947. The van der Waals surface area contributed by atoms with E-state index in [1.165, 1.54) is 89.9 Å². The summed E-state index contributed by atoms with van der Waals surface area (Å²) in [6, 6.07) is 0. The second-order valence-electron chi connectivity index (χ2n) is 6.43. The third-order valence-corrected chi connectivity index (χ3v) is 4.25. The largest absolute Gasteiger partial charge is 0.0654 e. The third kappa shape index (κ3) is 15.9. The summed E-state index contributed by atoms with van der Waals surface area (Å²) in [6.07, 6.45) is 21.3. The molecule has 1 radical (unpaired) electrons. The van der Waals surface area contributed by atoms with Crippen molar-refractivity contribution < 1.29 is 0 Å². The Kier molecular flexibility index (Phi) is 16.1. The van der Waals surface area contributed by atoms with Crippen LogP contribution in [0.2, 0.25) is 0 Å². The lowest BCUT2D eigenvalue weighted by Gasteiger charge is -2.09. The molecule has 0 heterocycles. The average molecular weight is 268 g/mol. The molecule has 0 aliphatic heterocycles. The Morgan fingerprint density at radius 2 is 1.05 bits per heavy atom. The van der Waals surface area contributed by atoms with E-state index in [1.807, 2.05) is 0 Å². The Labute approximate surface area is 123 Å². The van der Waals surface area contributed by atoms with Crippen LogP contribution < -0.4 is 0 Å². The van der Waals surface area contributed by atoms with Crippen molar-refractivity contribution >= 4 is 0 Å². The van der Waals surface area contributed by atoms with Crippen molar-refractivity contribution in [3.63, 3.8) is 0 Å². The molecule has 0 aliphatic rings. The SMILES string of the molecule is [CH2]CCC(C)CCCCCCCCCCCCCC. The van der Waals surface area contributed by atoms with Gasteiger partial charge in [-0.15, -0.1) is 0 Å². The zero-order valence-electron chi connectivity index (χ0n) is 13.9. The molecule has 0 nitrogen and oxygen atoms in total. The van der Waals surface area contributed by atoms with E-state index in [1.54, 1.807) is 0 Å². The highest BCUT2D eigenvalue weighted by Gasteiger charge is 2.00. The zero-order chi connectivity index (χ0) is 14.2. The fourth-order valence-corrected chi connectivity index (χ4v) is 2.83. The monoisotopic (exact) mass is 267 g/mol. The number of unbranched alkanes of at least 4 members (excludes halogenated alkanes) is 11. The quantitative estimate of drug-likeness (QED) is 0.272. The predicted octanol–water partition coefficient (Wildman–Crippen LogP) is 7.33. The van der Waals surface area contributed by atoms with Crippen LogP contribution >= 0.6 is 0 Å². The molecule has 0 saturated heterocycles. The van der Waals surface area contributed by atoms with Crippen molar-refractivity contribution in [1.29, 1.82) is 0 Å². The molecular formula is C19H39. The molecule has 1 atom stereocenters. The normalized spacial score (nSPS) is 12.8. The Bertz CT molecular complexity index is 150. The van der Waals surface area contributed by atoms with Gasteiger partial charge in [-0.1, -0.05) is 117 Å². The number of hydrogen-bond donors (Lipinski definition) is 0. The van der Waals surface area contributed by atoms with Crippen LogP contribution in [0.15, 0.2) is 0 Å². The average Bonchev–Trinajstić information content (AvgIpc) is 2.40. The van der Waals surface area contributed by atoms with E-state index in [-0.39, 0.29) is 0 Å². The molecule has 0 rings (SSSR count). The summed E-state index contributed by atoms with van der Waals surface area (Å²) in [5.74, 6) is 0.903. The molecule has 1 unspecified atom stereocenters. The minimum Gasteiger partial charge on any atom is -0.0654 e. The van der Waals surface area contributed by atoms with Gasteiger partial charge in [0.1, 0.15) is 0 Å². The first-order valence-electron chi connectivity index (χ1n) is 9.10. The highest BCUT2D eigenvalue weighted by Crippen LogP contribution is 2.16. The van der Waals surface area contributed by atoms with Gasteiger partial charge < -0.3 is 0 Å². The van der Waals surface area contributed by atoms with Gasteiger partial charge in [0.2, 0.25) is 0 Å². The van der Waals surface area contributed by atoms with Crippen LogP contribution in [0.4, 0.5) is 0 Å². The van der Waals surface area contributed by atoms with Crippen molar-refractivity contribution in [3.8, 4) is 0 Å². The zero-order valence-corrected chi connectivity index (χ0v) is 13.9. The van der Waals surface area contributed by atoms with Gasteiger partial charge in [-0.05, 0) is 5.92 Å². The lowest BCUT2D eigenvalue weighted by Crippen LogP contribution is -1.93. The molecule has 0 amide bonds. The van der Waals surface area contributed by atoms with Gasteiger partial charge >= 0.3 is 0 Å². The molecule has 0 saturated carbocycles. The first-order valence-corrected chi connectivity index (χ1v) is 9.10. The van der Waals surface area contributed by atoms with Gasteiger partial charge in [0, 0.05) is 0 Å². The van der Waals surface area contributed by atoms with Gasteiger partial charge in [-0.3, -0.25) is 0 Å². The van der Waals surface area contributed by atoms with Crippen LogP contribution in [0.1, 0.15) is 110 Å². The van der Waals surface area contributed by atoms with Crippen LogP contribution in [-0.2, 0) is 0 Å². The first kappa shape index (κ1) is 19.0. The molecule has 0 aromatic carbocycles. The maximum Gasteiger partial charge on any atom is -0.0443 e. The molecule has 0 fully saturated rings. The van der Waals surface area contributed by atoms with Gasteiger partial charge in [0.05, 0.1) is 0 Å². The van der Waals surface area contributed by atoms with E-state index in [0.29, 0.717) is 0 Å². The predicted molar refractivity (Wildman–Crippen MR) is 89.5 cm³/mol. The fourth-order valence-electron chi connectivity index (χ4n) is 2.83. The molecular weight excluding hydrogens is 228 g/mol. The number of rotatable bonds is 15. The molecule has 0 spiro atoms. The Hall–Kier alpha value is 0. The summed E-state index contributed by atoms with van der Waals surface area (Å²) >= 11 is 0. The highest BCUT2D eigenvalue weighted by atomic mass is 14.1. The minimum absolute atomic E-state index is 0.903. The van der Waals surface area contributed by atoms with Crippen molar-refractivity contribution in [2.75, 3.05) is 0 Å². The molecule has 0 aromatic heterocycles. The summed E-state index contributed by atoms with van der Waals surface area (Å²) < 4.78 is 0. The van der Waals surface area contributed by atoms with E-state index in [2.05, 4.69) is 20.8 Å². The van der Waals surface area contributed by atoms with Gasteiger partial charge in [0.25, 0.3) is 0 Å². The van der Waals surface area contributed by atoms with Crippen LogP contribution in [0, 0.1) is 12.8 Å². The molecule has 115 valence electrons. The summed E-state index contributed by atoms with van der Waals surface area (Å²) in [4.78, 5) is 0. The standard InChI is InChI=1S/C19H39/c1-4-6-7-8-9-10-11-12-13-14-15-16-18-19(3)17-5-2/h19H,2,4-18H2,1,3H3. The topological polar surface area (TPSA) is 0 Å². The maximum absolute atomic E-state index is 3.94. The Morgan fingerprint density at radius 1 is 0.632 bits per heavy atom. The molecule has 0 heteroatoms. The van der Waals surface area contributed by atoms with Crippen LogP contribution in [0.5, 0.6) is 0 Å². The minimum atomic E-state index is 0.903. The summed E-state index contributed by atoms with van der Waals surface area (Å²) in [5.41, 5.74) is 0. The van der Waals surface area contributed by atoms with Gasteiger partial charge in [0.15, 0.2) is 0 Å². The Morgan fingerprint density at radius 3 is 1.47 bits per heavy atom. The summed E-state index contributed by atoms with van der Waals surface area (Å²) in [5, 5.41) is 0. The lowest BCUT2D eigenvalue weighted by atomic mass is 9.98. The van der Waals surface area contributed by atoms with Gasteiger partial charge in [-0.25, -0.2) is 0 Å². The van der Waals surface area contributed by atoms with Crippen LogP contribution in [0.25, 0.3) is 0 Å². The van der Waals surface area contributed by atoms with Gasteiger partial charge in [-0.2, -0.15) is 0 Å². The van der Waals surface area contributed by atoms with E-state index in [4.69, 9.17) is 0 Å². The molecule has 19 heavy (non-hydrogen) atoms. The molecule has 0 aromatic rings. The smallest absolute Gasteiger partial charge is 0.0443 e. The van der Waals surface area contributed by atoms with E-state index in [0.717, 1.165) is 12.3 Å². The third-order valence-electron chi connectivity index (χ3n) is 4.25. The second kappa shape index (κ2) is 16.1. The Balaban J connectivity index is 2.99. The maximum atomic E-state index is 3.94. The van der Waals surface area contributed by atoms with E-state index in [9.17, 15) is 0 Å². The van der Waals surface area contributed by atoms with Crippen molar-refractivity contribution in [3.05, 3.63) is 6.92 Å². The lowest BCUT2D eigenvalue weighted by molar-refractivity contribution is 0.456. The molecule has 0 aliphatic carbocycles. The van der Waals surface area contributed by atoms with E-state index < -0.39 is 0 Å². The summed E-state index contributed by atoms with van der Waals surface area (Å²) in [7, 11) is 0. The van der Waals surface area contributed by atoms with Crippen LogP contribution in [-0.4, -0.2) is 0 Å². The highest BCUT2D eigenvalue weighted by molar-refractivity contribution is 4.55. The van der Waals surface area contributed by atoms with Crippen molar-refractivity contribution in [2.24, 2.45) is 5.92 Å². The first-order chi connectivity index (χ1) is 9.31. The van der Waals surface area contributed by atoms with Crippen molar-refractivity contribution in [2.45, 2.75) is 110 Å². The molecule has 0 bridgehead atoms. The molecule has 0 N–H and O–H groups in total. The second-order valence-corrected chi connectivity index (χ2v) is 6.43. The van der Waals surface area contributed by atoms with Crippen molar-refractivity contribution in [1.82, 2.24) is 0 Å². The van der Waals surface area contributed by atoms with Crippen LogP contribution in [0.3, 0.4) is 0 Å². The number of hydrogen-bond acceptors (Lipinski definition) is 0. The van der Waals surface area contributed by atoms with E-state index >= 15 is 0 Å². The summed E-state index contributed by atoms with van der Waals surface area (Å²) in [6.45, 7) is 8.61.